The molecule has 1 aliphatic rings. The number of nitrogens with zero attached hydrogens (tertiary/aromatic N) is 3. The molecule has 0 bridgehead atoms. The molecule has 7 nitrogen and oxygen atoms in total. The summed E-state index contributed by atoms with van der Waals surface area (Å²) in [5.41, 5.74) is 1.07. The van der Waals surface area contributed by atoms with E-state index in [1.807, 2.05) is 43.3 Å². The first-order valence-corrected chi connectivity index (χ1v) is 10.8. The van der Waals surface area contributed by atoms with Gasteiger partial charge in [-0.1, -0.05) is 6.92 Å². The van der Waals surface area contributed by atoms with Crippen LogP contribution in [0.5, 0.6) is 17.4 Å². The summed E-state index contributed by atoms with van der Waals surface area (Å²) in [5, 5.41) is 6.83. The van der Waals surface area contributed by atoms with Gasteiger partial charge in [0.2, 0.25) is 5.88 Å². The van der Waals surface area contributed by atoms with Crippen molar-refractivity contribution in [3.8, 4) is 17.4 Å². The minimum Gasteiger partial charge on any atom is -0.494 e. The lowest BCUT2D eigenvalue weighted by Crippen LogP contribution is -2.44. The minimum absolute atomic E-state index is 0. The highest BCUT2D eigenvalue weighted by Gasteiger charge is 2.22. The molecule has 8 heteroatoms. The lowest BCUT2D eigenvalue weighted by molar-refractivity contribution is 0.267. The van der Waals surface area contributed by atoms with Gasteiger partial charge in [0.05, 0.1) is 6.61 Å². The molecule has 0 amide bonds. The van der Waals surface area contributed by atoms with Gasteiger partial charge in [-0.15, -0.1) is 24.0 Å². The number of halogens is 1. The van der Waals surface area contributed by atoms with Crippen LogP contribution in [0.2, 0.25) is 0 Å². The van der Waals surface area contributed by atoms with Crippen LogP contribution in [0.15, 0.2) is 47.6 Å². The molecule has 1 atom stereocenters. The molecule has 3 rings (SSSR count). The fraction of sp³-hybridized carbons (Fsp3) is 0.478. The Labute approximate surface area is 202 Å². The molecule has 170 valence electrons. The molecule has 1 aliphatic heterocycles. The average molecular weight is 539 g/mol. The van der Waals surface area contributed by atoms with E-state index in [4.69, 9.17) is 9.47 Å². The van der Waals surface area contributed by atoms with E-state index in [1.165, 1.54) is 19.4 Å². The Hall–Kier alpha value is -2.07. The van der Waals surface area contributed by atoms with Gasteiger partial charge in [0.1, 0.15) is 11.5 Å². The molecule has 1 saturated heterocycles. The highest BCUT2D eigenvalue weighted by molar-refractivity contribution is 14.0. The Kier molecular flexibility index (Phi) is 10.9. The summed E-state index contributed by atoms with van der Waals surface area (Å²) in [4.78, 5) is 11.2. The third-order valence-electron chi connectivity index (χ3n) is 5.25. The van der Waals surface area contributed by atoms with Gasteiger partial charge >= 0.3 is 0 Å². The summed E-state index contributed by atoms with van der Waals surface area (Å²) in [5.74, 6) is 2.93. The zero-order valence-electron chi connectivity index (χ0n) is 18.6. The summed E-state index contributed by atoms with van der Waals surface area (Å²) in [6.07, 6.45) is 4.28. The molecule has 2 aromatic rings. The van der Waals surface area contributed by atoms with E-state index < -0.39 is 0 Å². The Morgan fingerprint density at radius 3 is 2.65 bits per heavy atom. The lowest BCUT2D eigenvalue weighted by Gasteiger charge is -2.24. The van der Waals surface area contributed by atoms with Crippen LogP contribution in [0.25, 0.3) is 0 Å². The van der Waals surface area contributed by atoms with Crippen LogP contribution in [0.4, 0.5) is 0 Å². The zero-order valence-corrected chi connectivity index (χ0v) is 21.0. The lowest BCUT2D eigenvalue weighted by atomic mass is 10.2. The van der Waals surface area contributed by atoms with E-state index >= 15 is 0 Å². The smallest absolute Gasteiger partial charge is 0.219 e. The Morgan fingerprint density at radius 1 is 1.16 bits per heavy atom. The summed E-state index contributed by atoms with van der Waals surface area (Å²) < 4.78 is 11.3. The Bertz CT molecular complexity index is 816. The molecule has 2 N–H and O–H groups in total. The molecule has 0 saturated carbocycles. The van der Waals surface area contributed by atoms with Crippen molar-refractivity contribution in [2.45, 2.75) is 39.3 Å². The third-order valence-corrected chi connectivity index (χ3v) is 5.25. The molecule has 0 spiro atoms. The van der Waals surface area contributed by atoms with Gasteiger partial charge in [0.25, 0.3) is 0 Å². The van der Waals surface area contributed by atoms with Gasteiger partial charge in [-0.3, -0.25) is 9.89 Å². The SMILES string of the molecule is CCOc1ccc(Oc2cc(CNC(=NC)NCC3CCCN3CC)ccn2)cc1.I. The van der Waals surface area contributed by atoms with Crippen molar-refractivity contribution in [1.82, 2.24) is 20.5 Å². The molecule has 1 aromatic carbocycles. The fourth-order valence-electron chi connectivity index (χ4n) is 3.67. The van der Waals surface area contributed by atoms with E-state index in [1.54, 1.807) is 13.2 Å². The molecule has 1 unspecified atom stereocenters. The molecule has 1 fully saturated rings. The van der Waals surface area contributed by atoms with E-state index in [0.717, 1.165) is 36.1 Å². The van der Waals surface area contributed by atoms with E-state index in [2.05, 4.69) is 32.4 Å². The topological polar surface area (TPSA) is 71.0 Å². The number of aliphatic imine (C=N–C) groups is 1. The summed E-state index contributed by atoms with van der Waals surface area (Å²) in [6.45, 7) is 8.69. The van der Waals surface area contributed by atoms with Crippen LogP contribution < -0.4 is 20.1 Å². The first-order chi connectivity index (χ1) is 14.7. The molecular weight excluding hydrogens is 505 g/mol. The van der Waals surface area contributed by atoms with Crippen LogP contribution in [0, 0.1) is 0 Å². The van der Waals surface area contributed by atoms with Gasteiger partial charge in [-0.05, 0) is 68.8 Å². The maximum absolute atomic E-state index is 5.88. The quantitative estimate of drug-likeness (QED) is 0.285. The van der Waals surface area contributed by atoms with Gasteiger partial charge in [0, 0.05) is 38.4 Å². The fourth-order valence-corrected chi connectivity index (χ4v) is 3.67. The van der Waals surface area contributed by atoms with Crippen LogP contribution in [0.3, 0.4) is 0 Å². The van der Waals surface area contributed by atoms with Crippen molar-refractivity contribution >= 4 is 29.9 Å². The predicted molar refractivity (Wildman–Crippen MR) is 136 cm³/mol. The average Bonchev–Trinajstić information content (AvgIpc) is 3.23. The molecule has 0 radical (unpaired) electrons. The Morgan fingerprint density at radius 2 is 1.94 bits per heavy atom. The normalized spacial score (nSPS) is 16.5. The van der Waals surface area contributed by atoms with Crippen molar-refractivity contribution in [3.05, 3.63) is 48.2 Å². The number of aromatic nitrogens is 1. The van der Waals surface area contributed by atoms with Crippen LogP contribution in [-0.4, -0.2) is 55.2 Å². The maximum atomic E-state index is 5.88. The number of ether oxygens (including phenoxy) is 2. The second kappa shape index (κ2) is 13.4. The highest BCUT2D eigenvalue weighted by atomic mass is 127. The number of rotatable bonds is 9. The second-order valence-electron chi connectivity index (χ2n) is 7.24. The standard InChI is InChI=1S/C23H33N5O2.HI/c1-4-28-14-6-7-19(28)17-27-23(24-3)26-16-18-12-13-25-22(15-18)30-21-10-8-20(9-11-21)29-5-2;/h8-13,15,19H,4-7,14,16-17H2,1-3H3,(H2,24,26,27);1H. The van der Waals surface area contributed by atoms with Crippen molar-refractivity contribution < 1.29 is 9.47 Å². The number of benzene rings is 1. The van der Waals surface area contributed by atoms with Crippen molar-refractivity contribution in [1.29, 1.82) is 0 Å². The molecular formula is C23H34IN5O2. The monoisotopic (exact) mass is 539 g/mol. The first kappa shape index (κ1) is 25.2. The van der Waals surface area contributed by atoms with Gasteiger partial charge in [-0.25, -0.2) is 4.98 Å². The largest absolute Gasteiger partial charge is 0.494 e. The highest BCUT2D eigenvalue weighted by Crippen LogP contribution is 2.23. The number of likely N-dealkylation sites (N-methyl/N-ethyl adjacent to an activating group) is 1. The number of pyridine rings is 1. The van der Waals surface area contributed by atoms with Crippen molar-refractivity contribution in [2.75, 3.05) is 33.3 Å². The number of guanidine groups is 1. The van der Waals surface area contributed by atoms with Crippen molar-refractivity contribution in [3.63, 3.8) is 0 Å². The molecule has 1 aromatic heterocycles. The van der Waals surface area contributed by atoms with Crippen LogP contribution >= 0.6 is 24.0 Å². The summed E-state index contributed by atoms with van der Waals surface area (Å²) >= 11 is 0. The molecule has 31 heavy (non-hydrogen) atoms. The van der Waals surface area contributed by atoms with Gasteiger partial charge in [-0.2, -0.15) is 0 Å². The van der Waals surface area contributed by atoms with Crippen LogP contribution in [-0.2, 0) is 6.54 Å². The molecule has 2 heterocycles. The zero-order chi connectivity index (χ0) is 21.2. The number of likely N-dealkylation sites (tertiary alicyclic amines) is 1. The third kappa shape index (κ3) is 7.84. The van der Waals surface area contributed by atoms with E-state index in [-0.39, 0.29) is 24.0 Å². The Balaban J connectivity index is 0.00000341. The van der Waals surface area contributed by atoms with Gasteiger partial charge in [0.15, 0.2) is 5.96 Å². The number of hydrogen-bond acceptors (Lipinski definition) is 5. The maximum Gasteiger partial charge on any atom is 0.219 e. The van der Waals surface area contributed by atoms with E-state index in [9.17, 15) is 0 Å². The predicted octanol–water partition coefficient (Wildman–Crippen LogP) is 4.04. The van der Waals surface area contributed by atoms with Crippen LogP contribution in [0.1, 0.15) is 32.3 Å². The number of nitrogens with one attached hydrogen (secondary N) is 2. The van der Waals surface area contributed by atoms with Crippen molar-refractivity contribution in [2.24, 2.45) is 4.99 Å². The summed E-state index contributed by atoms with van der Waals surface area (Å²) in [6, 6.07) is 12.0. The van der Waals surface area contributed by atoms with Gasteiger partial charge < -0.3 is 20.1 Å². The number of hydrogen-bond donors (Lipinski definition) is 2. The minimum atomic E-state index is 0. The molecule has 0 aliphatic carbocycles. The second-order valence-corrected chi connectivity index (χ2v) is 7.24. The first-order valence-electron chi connectivity index (χ1n) is 10.8. The van der Waals surface area contributed by atoms with E-state index in [0.29, 0.717) is 25.1 Å². The summed E-state index contributed by atoms with van der Waals surface area (Å²) in [7, 11) is 1.80.